The van der Waals surface area contributed by atoms with Crippen LogP contribution in [0.2, 0.25) is 0 Å². The first-order valence-corrected chi connectivity index (χ1v) is 8.65. The van der Waals surface area contributed by atoms with Gasteiger partial charge in [-0.2, -0.15) is 0 Å². The van der Waals surface area contributed by atoms with Crippen LogP contribution in [0.5, 0.6) is 0 Å². The van der Waals surface area contributed by atoms with Crippen molar-refractivity contribution in [1.82, 2.24) is 0 Å². The van der Waals surface area contributed by atoms with E-state index < -0.39 is 24.3 Å². The summed E-state index contributed by atoms with van der Waals surface area (Å²) in [6.45, 7) is -0.423. The molecular weight excluding hydrogens is 385 g/mol. The Bertz CT molecular complexity index is 676. The van der Waals surface area contributed by atoms with Crippen LogP contribution in [0.25, 0.3) is 0 Å². The molecule has 0 atom stereocenters. The van der Waals surface area contributed by atoms with Gasteiger partial charge in [-0.25, -0.2) is 4.39 Å². The van der Waals surface area contributed by atoms with Gasteiger partial charge in [-0.3, -0.25) is 9.59 Å². The van der Waals surface area contributed by atoms with Gasteiger partial charge in [0.25, 0.3) is 5.91 Å². The molecule has 23 heavy (non-hydrogen) atoms. The maximum absolute atomic E-state index is 13.6. The average Bonchev–Trinajstić information content (AvgIpc) is 3.01. The molecule has 0 aliphatic rings. The number of halogens is 2. The van der Waals surface area contributed by atoms with Gasteiger partial charge in [0.1, 0.15) is 5.82 Å². The largest absolute Gasteiger partial charge is 0.456 e. The lowest BCUT2D eigenvalue weighted by molar-refractivity contribution is -0.147. The summed E-state index contributed by atoms with van der Waals surface area (Å²) in [5.74, 6) is -1.57. The first-order valence-electron chi connectivity index (χ1n) is 6.97. The molecule has 1 amide bonds. The zero-order valence-corrected chi connectivity index (χ0v) is 14.6. The fourth-order valence-corrected chi connectivity index (χ4v) is 2.94. The van der Waals surface area contributed by atoms with Gasteiger partial charge in [0.15, 0.2) is 6.61 Å². The number of rotatable bonds is 7. The molecule has 1 N–H and O–H groups in total. The summed E-state index contributed by atoms with van der Waals surface area (Å²) < 4.78 is 19.0. The van der Waals surface area contributed by atoms with Crippen molar-refractivity contribution in [2.24, 2.45) is 0 Å². The van der Waals surface area contributed by atoms with E-state index in [1.165, 1.54) is 17.0 Å². The first kappa shape index (κ1) is 17.6. The van der Waals surface area contributed by atoms with Crippen LogP contribution in [0.1, 0.15) is 17.7 Å². The van der Waals surface area contributed by atoms with E-state index in [4.69, 9.17) is 4.74 Å². The molecule has 0 bridgehead atoms. The number of amides is 1. The summed E-state index contributed by atoms with van der Waals surface area (Å²) in [6, 6.07) is 8.25. The number of nitrogens with one attached hydrogen (secondary N) is 1. The number of esters is 1. The van der Waals surface area contributed by atoms with Gasteiger partial charge in [0, 0.05) is 15.8 Å². The molecule has 0 saturated heterocycles. The summed E-state index contributed by atoms with van der Waals surface area (Å²) in [4.78, 5) is 24.4. The summed E-state index contributed by atoms with van der Waals surface area (Å²) >= 11 is 4.77. The average molecular weight is 400 g/mol. The van der Waals surface area contributed by atoms with E-state index in [1.54, 1.807) is 17.4 Å². The number of aryl methyl sites for hydroxylation is 1. The predicted octanol–water partition coefficient (Wildman–Crippen LogP) is 4.15. The van der Waals surface area contributed by atoms with Crippen LogP contribution in [0.15, 0.2) is 40.2 Å². The normalized spacial score (nSPS) is 10.3. The zero-order valence-electron chi connectivity index (χ0n) is 12.2. The molecule has 0 radical (unpaired) electrons. The Labute approximate surface area is 145 Å². The third-order valence-electron chi connectivity index (χ3n) is 2.95. The second-order valence-electron chi connectivity index (χ2n) is 4.77. The number of hydrogen-bond acceptors (Lipinski definition) is 4. The molecule has 0 aliphatic carbocycles. The lowest BCUT2D eigenvalue weighted by Gasteiger charge is -2.07. The number of benzene rings is 1. The topological polar surface area (TPSA) is 55.4 Å². The van der Waals surface area contributed by atoms with Crippen LogP contribution >= 0.6 is 27.3 Å². The van der Waals surface area contributed by atoms with E-state index in [0.717, 1.165) is 6.42 Å². The molecule has 4 nitrogen and oxygen atoms in total. The Morgan fingerprint density at radius 1 is 1.30 bits per heavy atom. The van der Waals surface area contributed by atoms with Gasteiger partial charge in [0.05, 0.1) is 5.69 Å². The Balaban J connectivity index is 1.68. The standard InChI is InChI=1S/C16H15BrFNO3S/c17-11-6-7-14(13(18)9-11)19-15(20)10-22-16(21)5-1-3-12-4-2-8-23-12/h2,4,6-9H,1,3,5,10H2,(H,19,20). The molecule has 2 rings (SSSR count). The van der Waals surface area contributed by atoms with Crippen molar-refractivity contribution in [3.63, 3.8) is 0 Å². The summed E-state index contributed by atoms with van der Waals surface area (Å²) in [5, 5.41) is 4.35. The highest BCUT2D eigenvalue weighted by molar-refractivity contribution is 9.10. The quantitative estimate of drug-likeness (QED) is 0.711. The predicted molar refractivity (Wildman–Crippen MR) is 90.9 cm³/mol. The fraction of sp³-hybridized carbons (Fsp3) is 0.250. The highest BCUT2D eigenvalue weighted by Crippen LogP contribution is 2.19. The molecule has 0 aliphatic heterocycles. The van der Waals surface area contributed by atoms with Crippen LogP contribution in [0.4, 0.5) is 10.1 Å². The molecule has 2 aromatic rings. The number of thiophene rings is 1. The second kappa shape index (κ2) is 8.79. The van der Waals surface area contributed by atoms with E-state index in [1.807, 2.05) is 17.5 Å². The number of carbonyl (C=O) groups is 2. The number of carbonyl (C=O) groups excluding carboxylic acids is 2. The molecule has 7 heteroatoms. The van der Waals surface area contributed by atoms with Gasteiger partial charge in [0.2, 0.25) is 0 Å². The van der Waals surface area contributed by atoms with E-state index in [-0.39, 0.29) is 12.1 Å². The van der Waals surface area contributed by atoms with Crippen LogP contribution < -0.4 is 5.32 Å². The Hall–Kier alpha value is -1.73. The number of ether oxygens (including phenoxy) is 1. The monoisotopic (exact) mass is 399 g/mol. The third kappa shape index (κ3) is 6.11. The van der Waals surface area contributed by atoms with Crippen LogP contribution in [-0.2, 0) is 20.7 Å². The van der Waals surface area contributed by atoms with Crippen molar-refractivity contribution in [3.05, 3.63) is 50.9 Å². The molecule has 1 aromatic heterocycles. The van der Waals surface area contributed by atoms with Crippen molar-refractivity contribution in [2.45, 2.75) is 19.3 Å². The maximum atomic E-state index is 13.6. The van der Waals surface area contributed by atoms with Crippen molar-refractivity contribution in [2.75, 3.05) is 11.9 Å². The van der Waals surface area contributed by atoms with Crippen LogP contribution in [0.3, 0.4) is 0 Å². The Morgan fingerprint density at radius 3 is 2.83 bits per heavy atom. The molecule has 0 saturated carbocycles. The molecule has 0 unspecified atom stereocenters. The third-order valence-corrected chi connectivity index (χ3v) is 4.38. The lowest BCUT2D eigenvalue weighted by Crippen LogP contribution is -2.21. The highest BCUT2D eigenvalue weighted by atomic mass is 79.9. The van der Waals surface area contributed by atoms with Gasteiger partial charge in [-0.1, -0.05) is 22.0 Å². The molecule has 0 spiro atoms. The molecule has 1 aromatic carbocycles. The molecule has 0 fully saturated rings. The van der Waals surface area contributed by atoms with Crippen molar-refractivity contribution in [1.29, 1.82) is 0 Å². The minimum Gasteiger partial charge on any atom is -0.456 e. The van der Waals surface area contributed by atoms with Gasteiger partial charge in [-0.15, -0.1) is 11.3 Å². The second-order valence-corrected chi connectivity index (χ2v) is 6.71. The Kier molecular flexibility index (Phi) is 6.73. The van der Waals surface area contributed by atoms with Crippen molar-refractivity contribution in [3.8, 4) is 0 Å². The highest BCUT2D eigenvalue weighted by Gasteiger charge is 2.10. The number of anilines is 1. The minimum absolute atomic E-state index is 0.0481. The smallest absolute Gasteiger partial charge is 0.306 e. The van der Waals surface area contributed by atoms with E-state index >= 15 is 0 Å². The first-order chi connectivity index (χ1) is 11.0. The lowest BCUT2D eigenvalue weighted by atomic mass is 10.2. The molecule has 1 heterocycles. The van der Waals surface area contributed by atoms with Crippen molar-refractivity contribution >= 4 is 44.8 Å². The van der Waals surface area contributed by atoms with Gasteiger partial charge in [-0.05, 0) is 42.5 Å². The summed E-state index contributed by atoms with van der Waals surface area (Å²) in [6.07, 6.45) is 1.73. The zero-order chi connectivity index (χ0) is 16.7. The molecule has 122 valence electrons. The minimum atomic E-state index is -0.571. The number of hydrogen-bond donors (Lipinski definition) is 1. The van der Waals surface area contributed by atoms with Gasteiger partial charge >= 0.3 is 5.97 Å². The molecular formula is C16H15BrFNO3S. The SMILES string of the molecule is O=C(COC(=O)CCCc1cccs1)Nc1ccc(Br)cc1F. The summed E-state index contributed by atoms with van der Waals surface area (Å²) in [7, 11) is 0. The van der Waals surface area contributed by atoms with E-state index in [9.17, 15) is 14.0 Å². The van der Waals surface area contributed by atoms with Crippen molar-refractivity contribution < 1.29 is 18.7 Å². The Morgan fingerprint density at radius 2 is 2.13 bits per heavy atom. The van der Waals surface area contributed by atoms with Gasteiger partial charge < -0.3 is 10.1 Å². The fourth-order valence-electron chi connectivity index (χ4n) is 1.86. The van der Waals surface area contributed by atoms with E-state index in [2.05, 4.69) is 21.2 Å². The van der Waals surface area contributed by atoms with Crippen LogP contribution in [-0.4, -0.2) is 18.5 Å². The summed E-state index contributed by atoms with van der Waals surface area (Å²) in [5.41, 5.74) is 0.0481. The van der Waals surface area contributed by atoms with E-state index in [0.29, 0.717) is 10.9 Å². The van der Waals surface area contributed by atoms with Crippen LogP contribution in [0, 0.1) is 5.82 Å². The maximum Gasteiger partial charge on any atom is 0.306 e.